The highest BCUT2D eigenvalue weighted by atomic mass is 32.2. The first-order valence-corrected chi connectivity index (χ1v) is 10.4. The molecule has 25 heavy (non-hydrogen) atoms. The van der Waals surface area contributed by atoms with Crippen molar-refractivity contribution in [2.75, 3.05) is 11.8 Å². The number of fused-ring (bicyclic) bond motifs is 1. The van der Waals surface area contributed by atoms with Crippen molar-refractivity contribution in [2.45, 2.75) is 44.9 Å². The third-order valence-electron chi connectivity index (χ3n) is 4.41. The third-order valence-corrected chi connectivity index (χ3v) is 7.40. The average Bonchev–Trinajstić information content (AvgIpc) is 3.04. The highest BCUT2D eigenvalue weighted by Gasteiger charge is 2.30. The van der Waals surface area contributed by atoms with Crippen molar-refractivity contribution in [1.82, 2.24) is 0 Å². The number of hydrogen-bond acceptors (Lipinski definition) is 5. The van der Waals surface area contributed by atoms with Crippen LogP contribution >= 0.6 is 11.3 Å². The summed E-state index contributed by atoms with van der Waals surface area (Å²) >= 11 is 1.34. The molecular weight excluding hydrogens is 358 g/mol. The SMILES string of the molecule is COC(=O)c1c(NS(=O)(=O)c2c(C)cc(C)cc2C)sc2c1CCC2. The number of thiophene rings is 1. The molecule has 0 amide bonds. The van der Waals surface area contributed by atoms with E-state index in [1.165, 1.54) is 18.4 Å². The van der Waals surface area contributed by atoms with Crippen molar-refractivity contribution in [1.29, 1.82) is 0 Å². The van der Waals surface area contributed by atoms with E-state index < -0.39 is 16.0 Å². The molecule has 5 nitrogen and oxygen atoms in total. The maximum Gasteiger partial charge on any atom is 0.341 e. The number of esters is 1. The summed E-state index contributed by atoms with van der Waals surface area (Å²) in [6, 6.07) is 3.69. The van der Waals surface area contributed by atoms with Crippen LogP contribution in [-0.2, 0) is 27.6 Å². The van der Waals surface area contributed by atoms with Gasteiger partial charge in [-0.15, -0.1) is 11.3 Å². The van der Waals surface area contributed by atoms with Crippen LogP contribution in [0, 0.1) is 20.8 Å². The molecule has 0 radical (unpaired) electrons. The fourth-order valence-electron chi connectivity index (χ4n) is 3.56. The van der Waals surface area contributed by atoms with E-state index in [1.54, 1.807) is 13.8 Å². The van der Waals surface area contributed by atoms with Gasteiger partial charge in [-0.25, -0.2) is 13.2 Å². The fraction of sp³-hybridized carbons (Fsp3) is 0.389. The van der Waals surface area contributed by atoms with Gasteiger partial charge in [0.25, 0.3) is 10.0 Å². The molecular formula is C18H21NO4S2. The summed E-state index contributed by atoms with van der Waals surface area (Å²) in [5, 5.41) is 0.357. The van der Waals surface area contributed by atoms with E-state index in [-0.39, 0.29) is 4.90 Å². The van der Waals surface area contributed by atoms with E-state index in [0.29, 0.717) is 21.7 Å². The number of aryl methyl sites for hydroxylation is 4. The van der Waals surface area contributed by atoms with Crippen molar-refractivity contribution >= 4 is 32.3 Å². The molecule has 0 saturated carbocycles. The maximum atomic E-state index is 13.0. The number of anilines is 1. The van der Waals surface area contributed by atoms with Crippen LogP contribution in [-0.4, -0.2) is 21.5 Å². The predicted molar refractivity (Wildman–Crippen MR) is 99.1 cm³/mol. The molecule has 1 heterocycles. The Bertz CT molecular complexity index is 935. The largest absolute Gasteiger partial charge is 0.465 e. The van der Waals surface area contributed by atoms with Crippen LogP contribution in [0.2, 0.25) is 0 Å². The van der Waals surface area contributed by atoms with E-state index in [2.05, 4.69) is 4.72 Å². The zero-order chi connectivity index (χ0) is 18.4. The lowest BCUT2D eigenvalue weighted by molar-refractivity contribution is 0.0601. The minimum Gasteiger partial charge on any atom is -0.465 e. The van der Waals surface area contributed by atoms with Crippen LogP contribution in [0.5, 0.6) is 0 Å². The Morgan fingerprint density at radius 2 is 1.80 bits per heavy atom. The molecule has 7 heteroatoms. The number of ether oxygens (including phenoxy) is 1. The van der Waals surface area contributed by atoms with Gasteiger partial charge in [-0.05, 0) is 56.7 Å². The number of nitrogens with one attached hydrogen (secondary N) is 1. The molecule has 0 saturated heterocycles. The van der Waals surface area contributed by atoms with Crippen LogP contribution in [0.25, 0.3) is 0 Å². The second-order valence-electron chi connectivity index (χ2n) is 6.39. The van der Waals surface area contributed by atoms with Gasteiger partial charge in [0.05, 0.1) is 17.6 Å². The van der Waals surface area contributed by atoms with E-state index in [0.717, 1.165) is 35.3 Å². The molecule has 2 aromatic rings. The monoisotopic (exact) mass is 379 g/mol. The summed E-state index contributed by atoms with van der Waals surface area (Å²) in [6.45, 7) is 5.50. The summed E-state index contributed by atoms with van der Waals surface area (Å²) in [6.07, 6.45) is 2.63. The fourth-order valence-corrected chi connectivity index (χ4v) is 6.60. The normalized spacial score (nSPS) is 13.6. The molecule has 1 aliphatic carbocycles. The van der Waals surface area contributed by atoms with Gasteiger partial charge in [0.1, 0.15) is 5.00 Å². The minimum atomic E-state index is -3.79. The average molecular weight is 380 g/mol. The number of rotatable bonds is 4. The topological polar surface area (TPSA) is 72.5 Å². The molecule has 1 aromatic carbocycles. The van der Waals surface area contributed by atoms with Crippen LogP contribution < -0.4 is 4.72 Å². The minimum absolute atomic E-state index is 0.266. The number of benzene rings is 1. The Labute approximate surface area is 152 Å². The molecule has 0 bridgehead atoms. The number of hydrogen-bond donors (Lipinski definition) is 1. The Balaban J connectivity index is 2.07. The quantitative estimate of drug-likeness (QED) is 0.821. The van der Waals surface area contributed by atoms with E-state index in [9.17, 15) is 13.2 Å². The molecule has 1 N–H and O–H groups in total. The first-order valence-electron chi connectivity index (χ1n) is 8.08. The Hall–Kier alpha value is -1.86. The lowest BCUT2D eigenvalue weighted by Gasteiger charge is -2.14. The van der Waals surface area contributed by atoms with Gasteiger partial charge in [-0.3, -0.25) is 4.72 Å². The van der Waals surface area contributed by atoms with Crippen molar-refractivity contribution in [3.05, 3.63) is 44.8 Å². The van der Waals surface area contributed by atoms with Crippen molar-refractivity contribution in [2.24, 2.45) is 0 Å². The van der Waals surface area contributed by atoms with Gasteiger partial charge in [-0.1, -0.05) is 17.7 Å². The van der Waals surface area contributed by atoms with Crippen LogP contribution in [0.4, 0.5) is 5.00 Å². The van der Waals surface area contributed by atoms with Crippen molar-refractivity contribution in [3.63, 3.8) is 0 Å². The Kier molecular flexibility index (Phi) is 4.64. The maximum absolute atomic E-state index is 13.0. The van der Waals surface area contributed by atoms with Crippen molar-refractivity contribution < 1.29 is 17.9 Å². The van der Waals surface area contributed by atoms with Crippen LogP contribution in [0.3, 0.4) is 0 Å². The van der Waals surface area contributed by atoms with Gasteiger partial charge in [-0.2, -0.15) is 0 Å². The van der Waals surface area contributed by atoms with E-state index >= 15 is 0 Å². The molecule has 1 aromatic heterocycles. The van der Waals surface area contributed by atoms with E-state index in [4.69, 9.17) is 4.74 Å². The van der Waals surface area contributed by atoms with Gasteiger partial charge in [0.15, 0.2) is 0 Å². The van der Waals surface area contributed by atoms with Crippen LogP contribution in [0.1, 0.15) is 43.9 Å². The number of methoxy groups -OCH3 is 1. The van der Waals surface area contributed by atoms with Crippen LogP contribution in [0.15, 0.2) is 17.0 Å². The number of sulfonamides is 1. The summed E-state index contributed by atoms with van der Waals surface area (Å²) in [5.74, 6) is -0.491. The van der Waals surface area contributed by atoms with Gasteiger partial charge in [0.2, 0.25) is 0 Å². The third kappa shape index (κ3) is 3.18. The van der Waals surface area contributed by atoms with Gasteiger partial charge < -0.3 is 4.74 Å². The van der Waals surface area contributed by atoms with Gasteiger partial charge in [0, 0.05) is 4.88 Å². The zero-order valence-corrected chi connectivity index (χ0v) is 16.4. The van der Waals surface area contributed by atoms with Gasteiger partial charge >= 0.3 is 5.97 Å². The summed E-state index contributed by atoms with van der Waals surface area (Å²) in [5.41, 5.74) is 3.68. The molecule has 0 spiro atoms. The first-order chi connectivity index (χ1) is 11.7. The molecule has 0 atom stereocenters. The summed E-state index contributed by atoms with van der Waals surface area (Å²) in [4.78, 5) is 13.5. The smallest absolute Gasteiger partial charge is 0.341 e. The van der Waals surface area contributed by atoms with Crippen molar-refractivity contribution in [3.8, 4) is 0 Å². The molecule has 0 unspecified atom stereocenters. The second-order valence-corrected chi connectivity index (χ2v) is 9.11. The second kappa shape index (κ2) is 6.46. The highest BCUT2D eigenvalue weighted by Crippen LogP contribution is 2.40. The summed E-state index contributed by atoms with van der Waals surface area (Å²) in [7, 11) is -2.48. The number of carbonyl (C=O) groups excluding carboxylic acids is 1. The molecule has 0 fully saturated rings. The Morgan fingerprint density at radius 3 is 2.40 bits per heavy atom. The lowest BCUT2D eigenvalue weighted by Crippen LogP contribution is -2.17. The lowest BCUT2D eigenvalue weighted by atomic mass is 10.1. The standard InChI is InChI=1S/C18H21NO4S2/c1-10-8-11(2)16(12(3)9-10)25(21,22)19-17-15(18(20)23-4)13-6-5-7-14(13)24-17/h8-9,19H,5-7H2,1-4H3. The highest BCUT2D eigenvalue weighted by molar-refractivity contribution is 7.93. The Morgan fingerprint density at radius 1 is 1.16 bits per heavy atom. The molecule has 3 rings (SSSR count). The zero-order valence-electron chi connectivity index (χ0n) is 14.7. The first kappa shape index (κ1) is 17.9. The number of carbonyl (C=O) groups is 1. The molecule has 134 valence electrons. The summed E-state index contributed by atoms with van der Waals surface area (Å²) < 4.78 is 33.5. The predicted octanol–water partition coefficient (Wildman–Crippen LogP) is 3.75. The van der Waals surface area contributed by atoms with E-state index in [1.807, 2.05) is 19.1 Å². The molecule has 1 aliphatic rings. The molecule has 0 aliphatic heterocycles.